The number of rotatable bonds is 1. The van der Waals surface area contributed by atoms with Crippen LogP contribution in [0.15, 0.2) is 23.8 Å². The molecule has 5 heteroatoms. The molecule has 0 bridgehead atoms. The highest BCUT2D eigenvalue weighted by molar-refractivity contribution is 5.90. The van der Waals surface area contributed by atoms with Gasteiger partial charge in [-0.1, -0.05) is 12.2 Å². The predicted molar refractivity (Wildman–Crippen MR) is 69.5 cm³/mol. The lowest BCUT2D eigenvalue weighted by atomic mass is 10.1. The third kappa shape index (κ3) is 2.97. The van der Waals surface area contributed by atoms with Crippen molar-refractivity contribution in [2.75, 3.05) is 6.54 Å². The van der Waals surface area contributed by atoms with E-state index in [0.29, 0.717) is 12.1 Å². The molecule has 0 aromatic rings. The van der Waals surface area contributed by atoms with Crippen LogP contribution in [0.3, 0.4) is 0 Å². The van der Waals surface area contributed by atoms with Gasteiger partial charge in [0.2, 0.25) is 0 Å². The van der Waals surface area contributed by atoms with Gasteiger partial charge in [0.1, 0.15) is 11.7 Å². The first-order valence-corrected chi connectivity index (χ1v) is 6.33. The molecule has 0 fully saturated rings. The van der Waals surface area contributed by atoms with Crippen LogP contribution in [0.2, 0.25) is 0 Å². The highest BCUT2D eigenvalue weighted by atomic mass is 16.6. The van der Waals surface area contributed by atoms with Crippen molar-refractivity contribution < 1.29 is 19.1 Å². The molecule has 0 N–H and O–H groups in total. The topological polar surface area (TPSA) is 55.8 Å². The van der Waals surface area contributed by atoms with Crippen molar-refractivity contribution in [3.05, 3.63) is 23.8 Å². The van der Waals surface area contributed by atoms with E-state index >= 15 is 0 Å². The molecule has 0 saturated heterocycles. The molecule has 2 aliphatic heterocycles. The summed E-state index contributed by atoms with van der Waals surface area (Å²) >= 11 is 0. The molecule has 104 valence electrons. The molecule has 2 heterocycles. The lowest BCUT2D eigenvalue weighted by Crippen LogP contribution is -2.45. The second-order valence-electron chi connectivity index (χ2n) is 5.77. The first kappa shape index (κ1) is 13.6. The van der Waals surface area contributed by atoms with E-state index in [2.05, 4.69) is 0 Å². The van der Waals surface area contributed by atoms with Crippen molar-refractivity contribution in [3.63, 3.8) is 0 Å². The van der Waals surface area contributed by atoms with Crippen molar-refractivity contribution in [1.29, 1.82) is 0 Å². The summed E-state index contributed by atoms with van der Waals surface area (Å²) in [4.78, 5) is 25.1. The fourth-order valence-corrected chi connectivity index (χ4v) is 2.08. The minimum Gasteiger partial charge on any atom is -0.452 e. The van der Waals surface area contributed by atoms with Crippen LogP contribution in [0.5, 0.6) is 0 Å². The molecule has 0 aromatic carbocycles. The summed E-state index contributed by atoms with van der Waals surface area (Å²) in [5.41, 5.74) is 0.0388. The van der Waals surface area contributed by atoms with Gasteiger partial charge in [-0.15, -0.1) is 0 Å². The Morgan fingerprint density at radius 2 is 2.16 bits per heavy atom. The van der Waals surface area contributed by atoms with Gasteiger partial charge in [-0.05, 0) is 33.8 Å². The molecule has 2 aliphatic rings. The summed E-state index contributed by atoms with van der Waals surface area (Å²) in [5, 5.41) is 0. The standard InChI is InChI=1S/C14H19NO4/c1-9-8-11(18-12(9)16)10-6-5-7-15(10)13(17)19-14(2,3)4/h5-6,8,10-11H,7H2,1-4H3/t10-,11+/m0/s1. The molecule has 0 spiro atoms. The summed E-state index contributed by atoms with van der Waals surface area (Å²) in [6.07, 6.45) is 4.69. The molecular weight excluding hydrogens is 246 g/mol. The molecule has 19 heavy (non-hydrogen) atoms. The zero-order chi connectivity index (χ0) is 14.2. The largest absolute Gasteiger partial charge is 0.452 e. The molecule has 2 rings (SSSR count). The van der Waals surface area contributed by atoms with Gasteiger partial charge in [-0.2, -0.15) is 0 Å². The summed E-state index contributed by atoms with van der Waals surface area (Å²) in [6.45, 7) is 7.65. The molecule has 5 nitrogen and oxygen atoms in total. The fourth-order valence-electron chi connectivity index (χ4n) is 2.08. The average Bonchev–Trinajstić information content (AvgIpc) is 2.83. The molecule has 0 aliphatic carbocycles. The van der Waals surface area contributed by atoms with Crippen LogP contribution < -0.4 is 0 Å². The van der Waals surface area contributed by atoms with E-state index < -0.39 is 17.8 Å². The molecule has 0 unspecified atom stereocenters. The third-order valence-corrected chi connectivity index (χ3v) is 2.94. The van der Waals surface area contributed by atoms with Crippen LogP contribution in [0.4, 0.5) is 4.79 Å². The lowest BCUT2D eigenvalue weighted by molar-refractivity contribution is -0.141. The first-order valence-electron chi connectivity index (χ1n) is 6.33. The van der Waals surface area contributed by atoms with Gasteiger partial charge in [-0.3, -0.25) is 4.90 Å². The van der Waals surface area contributed by atoms with Gasteiger partial charge >= 0.3 is 12.1 Å². The number of carbonyl (C=O) groups is 2. The van der Waals surface area contributed by atoms with Gasteiger partial charge in [0, 0.05) is 12.1 Å². The maximum absolute atomic E-state index is 12.1. The van der Waals surface area contributed by atoms with Crippen LogP contribution >= 0.6 is 0 Å². The van der Waals surface area contributed by atoms with Crippen molar-refractivity contribution in [3.8, 4) is 0 Å². The van der Waals surface area contributed by atoms with Crippen LogP contribution in [-0.4, -0.2) is 41.3 Å². The maximum atomic E-state index is 12.1. The highest BCUT2D eigenvalue weighted by Crippen LogP contribution is 2.25. The molecule has 2 atom stereocenters. The number of hydrogen-bond acceptors (Lipinski definition) is 4. The average molecular weight is 265 g/mol. The van der Waals surface area contributed by atoms with Crippen LogP contribution in [0, 0.1) is 0 Å². The SMILES string of the molecule is CC1=C[C@H]([C@@H]2C=CCN2C(=O)OC(C)(C)C)OC1=O. The number of amides is 1. The summed E-state index contributed by atoms with van der Waals surface area (Å²) in [7, 11) is 0. The Labute approximate surface area is 112 Å². The first-order chi connectivity index (χ1) is 8.78. The van der Waals surface area contributed by atoms with Crippen molar-refractivity contribution in [2.24, 2.45) is 0 Å². The predicted octanol–water partition coefficient (Wildman–Crippen LogP) is 2.03. The van der Waals surface area contributed by atoms with Crippen LogP contribution in [0.1, 0.15) is 27.7 Å². The third-order valence-electron chi connectivity index (χ3n) is 2.94. The number of hydrogen-bond donors (Lipinski definition) is 0. The van der Waals surface area contributed by atoms with Gasteiger partial charge in [0.15, 0.2) is 0 Å². The molecule has 0 aromatic heterocycles. The maximum Gasteiger partial charge on any atom is 0.411 e. The number of carbonyl (C=O) groups excluding carboxylic acids is 2. The number of esters is 1. The molecule has 0 saturated carbocycles. The molecular formula is C14H19NO4. The van der Waals surface area contributed by atoms with Gasteiger partial charge in [0.05, 0.1) is 6.04 Å². The van der Waals surface area contributed by atoms with Gasteiger partial charge < -0.3 is 9.47 Å². The minimum absolute atomic E-state index is 0.281. The second-order valence-corrected chi connectivity index (χ2v) is 5.77. The lowest BCUT2D eigenvalue weighted by Gasteiger charge is -2.30. The van der Waals surface area contributed by atoms with E-state index in [-0.39, 0.29) is 12.0 Å². The Kier molecular flexibility index (Phi) is 3.39. The highest BCUT2D eigenvalue weighted by Gasteiger charge is 2.37. The normalized spacial score (nSPS) is 26.4. The van der Waals surface area contributed by atoms with E-state index in [1.165, 1.54) is 0 Å². The number of ether oxygens (including phenoxy) is 2. The second kappa shape index (κ2) is 4.72. The Morgan fingerprint density at radius 1 is 1.47 bits per heavy atom. The molecule has 0 radical (unpaired) electrons. The fraction of sp³-hybridized carbons (Fsp3) is 0.571. The van der Waals surface area contributed by atoms with Gasteiger partial charge in [-0.25, -0.2) is 9.59 Å². The Balaban J connectivity index is 2.07. The van der Waals surface area contributed by atoms with Crippen molar-refractivity contribution >= 4 is 12.1 Å². The van der Waals surface area contributed by atoms with Gasteiger partial charge in [0.25, 0.3) is 0 Å². The summed E-state index contributed by atoms with van der Waals surface area (Å²) in [5.74, 6) is -0.325. The monoisotopic (exact) mass is 265 g/mol. The number of cyclic esters (lactones) is 1. The quantitative estimate of drug-likeness (QED) is 0.537. The van der Waals surface area contributed by atoms with Crippen molar-refractivity contribution in [1.82, 2.24) is 4.90 Å². The van der Waals surface area contributed by atoms with E-state index in [1.807, 2.05) is 32.9 Å². The summed E-state index contributed by atoms with van der Waals surface area (Å²) in [6, 6.07) is -0.281. The Bertz CT molecular complexity index is 459. The van der Waals surface area contributed by atoms with E-state index in [0.717, 1.165) is 0 Å². The van der Waals surface area contributed by atoms with E-state index in [4.69, 9.17) is 9.47 Å². The van der Waals surface area contributed by atoms with Crippen LogP contribution in [0.25, 0.3) is 0 Å². The Morgan fingerprint density at radius 3 is 2.68 bits per heavy atom. The minimum atomic E-state index is -0.539. The zero-order valence-electron chi connectivity index (χ0n) is 11.7. The van der Waals surface area contributed by atoms with Crippen LogP contribution in [-0.2, 0) is 14.3 Å². The van der Waals surface area contributed by atoms with Crippen molar-refractivity contribution in [2.45, 2.75) is 45.4 Å². The number of nitrogens with zero attached hydrogens (tertiary/aromatic N) is 1. The summed E-state index contributed by atoms with van der Waals surface area (Å²) < 4.78 is 10.6. The Hall–Kier alpha value is -1.78. The molecule has 1 amide bonds. The van der Waals surface area contributed by atoms with E-state index in [1.54, 1.807) is 17.9 Å². The zero-order valence-corrected chi connectivity index (χ0v) is 11.7. The smallest absolute Gasteiger partial charge is 0.411 e. The van der Waals surface area contributed by atoms with E-state index in [9.17, 15) is 9.59 Å².